The summed E-state index contributed by atoms with van der Waals surface area (Å²) < 4.78 is 20.3. The van der Waals surface area contributed by atoms with Crippen molar-refractivity contribution in [1.82, 2.24) is 9.47 Å². The summed E-state index contributed by atoms with van der Waals surface area (Å²) in [6.07, 6.45) is 1.70. The second kappa shape index (κ2) is 7.28. The minimum absolute atomic E-state index is 0.00789. The second-order valence-corrected chi connectivity index (χ2v) is 5.44. The number of amides is 1. The first-order valence-corrected chi connectivity index (χ1v) is 7.23. The van der Waals surface area contributed by atoms with Crippen LogP contribution in [0.4, 0.5) is 4.39 Å². The molecule has 1 amide bonds. The summed E-state index contributed by atoms with van der Waals surface area (Å²) in [6, 6.07) is 7.60. The quantitative estimate of drug-likeness (QED) is 0.787. The zero-order valence-corrected chi connectivity index (χ0v) is 13.5. The number of nitrogens with zero attached hydrogens (tertiary/aromatic N) is 2. The molecule has 0 saturated heterocycles. The molecule has 122 valence electrons. The zero-order chi connectivity index (χ0) is 17.0. The van der Waals surface area contributed by atoms with Crippen molar-refractivity contribution >= 4 is 23.5 Å². The summed E-state index contributed by atoms with van der Waals surface area (Å²) in [4.78, 5) is 25.1. The van der Waals surface area contributed by atoms with Crippen molar-refractivity contribution in [2.45, 2.75) is 6.54 Å². The summed E-state index contributed by atoms with van der Waals surface area (Å²) in [5, 5.41) is 0.241. The van der Waals surface area contributed by atoms with Crippen LogP contribution in [0.3, 0.4) is 0 Å². The highest BCUT2D eigenvalue weighted by molar-refractivity contribution is 6.31. The maximum atomic E-state index is 13.7. The second-order valence-electron chi connectivity index (χ2n) is 5.03. The number of aromatic nitrogens is 1. The van der Waals surface area contributed by atoms with Crippen molar-refractivity contribution in [3.8, 4) is 0 Å². The lowest BCUT2D eigenvalue weighted by atomic mass is 10.2. The fraction of sp³-hybridized carbons (Fsp3) is 0.250. The first-order valence-electron chi connectivity index (χ1n) is 6.85. The largest absolute Gasteiger partial charge is 0.451 e. The third kappa shape index (κ3) is 4.10. The molecule has 0 atom stereocenters. The monoisotopic (exact) mass is 338 g/mol. The van der Waals surface area contributed by atoms with Crippen molar-refractivity contribution in [1.29, 1.82) is 0 Å². The summed E-state index contributed by atoms with van der Waals surface area (Å²) >= 11 is 5.92. The molecule has 0 N–H and O–H groups in total. The maximum Gasteiger partial charge on any atom is 0.355 e. The van der Waals surface area contributed by atoms with Crippen LogP contribution in [0.15, 0.2) is 36.5 Å². The molecule has 0 unspecified atom stereocenters. The Kier molecular flexibility index (Phi) is 5.39. The highest BCUT2D eigenvalue weighted by Gasteiger charge is 2.17. The number of esters is 1. The van der Waals surface area contributed by atoms with Crippen LogP contribution in [-0.2, 0) is 23.1 Å². The topological polar surface area (TPSA) is 51.5 Å². The Labute approximate surface area is 138 Å². The van der Waals surface area contributed by atoms with Gasteiger partial charge >= 0.3 is 5.97 Å². The first-order chi connectivity index (χ1) is 10.9. The molecule has 7 heteroatoms. The van der Waals surface area contributed by atoms with Crippen LogP contribution in [0, 0.1) is 5.82 Å². The zero-order valence-electron chi connectivity index (χ0n) is 12.8. The average Bonchev–Trinajstić information content (AvgIpc) is 2.94. The molecule has 0 bridgehead atoms. The Bertz CT molecular complexity index is 710. The lowest BCUT2D eigenvalue weighted by Crippen LogP contribution is -2.31. The van der Waals surface area contributed by atoms with Crippen molar-refractivity contribution in [2.24, 2.45) is 7.05 Å². The van der Waals surface area contributed by atoms with Crippen molar-refractivity contribution in [3.63, 3.8) is 0 Å². The van der Waals surface area contributed by atoms with E-state index >= 15 is 0 Å². The van der Waals surface area contributed by atoms with E-state index in [0.717, 1.165) is 0 Å². The van der Waals surface area contributed by atoms with E-state index in [-0.39, 0.29) is 17.1 Å². The Balaban J connectivity index is 1.93. The van der Waals surface area contributed by atoms with Gasteiger partial charge in [-0.2, -0.15) is 0 Å². The lowest BCUT2D eigenvalue weighted by Gasteiger charge is -2.18. The van der Waals surface area contributed by atoms with E-state index in [4.69, 9.17) is 16.3 Å². The molecule has 23 heavy (non-hydrogen) atoms. The fourth-order valence-corrected chi connectivity index (χ4v) is 2.22. The molecule has 1 aromatic heterocycles. The van der Waals surface area contributed by atoms with Crippen LogP contribution in [0.25, 0.3) is 0 Å². The van der Waals surface area contributed by atoms with E-state index in [1.165, 1.54) is 24.1 Å². The standard InChI is InChI=1S/C16H16ClFN2O3/c1-19-8-4-7-14(19)16(22)23-10-15(21)20(2)9-11-12(17)5-3-6-13(11)18/h3-8H,9-10H2,1-2H3. The van der Waals surface area contributed by atoms with Crippen molar-refractivity contribution < 1.29 is 18.7 Å². The van der Waals surface area contributed by atoms with Crippen LogP contribution < -0.4 is 0 Å². The Morgan fingerprint density at radius 2 is 2.04 bits per heavy atom. The normalized spacial score (nSPS) is 10.4. The number of ether oxygens (including phenoxy) is 1. The lowest BCUT2D eigenvalue weighted by molar-refractivity contribution is -0.133. The van der Waals surface area contributed by atoms with Gasteiger partial charge in [0.2, 0.25) is 0 Å². The van der Waals surface area contributed by atoms with E-state index in [1.54, 1.807) is 36.0 Å². The molecular weight excluding hydrogens is 323 g/mol. The number of carbonyl (C=O) groups excluding carboxylic acids is 2. The van der Waals surface area contributed by atoms with Gasteiger partial charge in [-0.05, 0) is 24.3 Å². The van der Waals surface area contributed by atoms with Crippen LogP contribution in [0.2, 0.25) is 5.02 Å². The number of halogens is 2. The van der Waals surface area contributed by atoms with Crippen LogP contribution in [0.1, 0.15) is 16.1 Å². The van der Waals surface area contributed by atoms with E-state index in [0.29, 0.717) is 5.69 Å². The van der Waals surface area contributed by atoms with Crippen LogP contribution in [-0.4, -0.2) is 35.0 Å². The highest BCUT2D eigenvalue weighted by atomic mass is 35.5. The SMILES string of the molecule is CN(Cc1c(F)cccc1Cl)C(=O)COC(=O)c1cccn1C. The molecule has 0 saturated carbocycles. The fourth-order valence-electron chi connectivity index (χ4n) is 1.99. The minimum atomic E-state index is -0.594. The number of carbonyl (C=O) groups is 2. The maximum absolute atomic E-state index is 13.7. The Morgan fingerprint density at radius 3 is 2.65 bits per heavy atom. The van der Waals surface area contributed by atoms with E-state index < -0.39 is 24.3 Å². The number of rotatable bonds is 5. The molecule has 0 aliphatic carbocycles. The molecule has 2 aromatic rings. The average molecular weight is 339 g/mol. The van der Waals surface area contributed by atoms with E-state index in [2.05, 4.69) is 0 Å². The minimum Gasteiger partial charge on any atom is -0.451 e. The molecule has 0 spiro atoms. The van der Waals surface area contributed by atoms with Gasteiger partial charge in [0.15, 0.2) is 6.61 Å². The van der Waals surface area contributed by atoms with E-state index in [1.807, 2.05) is 0 Å². The summed E-state index contributed by atoms with van der Waals surface area (Å²) in [5.41, 5.74) is 0.566. The van der Waals surface area contributed by atoms with Gasteiger partial charge in [-0.25, -0.2) is 9.18 Å². The van der Waals surface area contributed by atoms with Gasteiger partial charge in [0.1, 0.15) is 11.5 Å². The predicted octanol–water partition coefficient (Wildman–Crippen LogP) is 2.63. The van der Waals surface area contributed by atoms with Crippen molar-refractivity contribution in [3.05, 3.63) is 58.6 Å². The third-order valence-electron chi connectivity index (χ3n) is 3.36. The summed E-state index contributed by atoms with van der Waals surface area (Å²) in [7, 11) is 3.19. The molecule has 1 heterocycles. The van der Waals surface area contributed by atoms with Gasteiger partial charge in [0.05, 0.1) is 0 Å². The Hall–Kier alpha value is -2.34. The molecule has 2 rings (SSSR count). The van der Waals surface area contributed by atoms with E-state index in [9.17, 15) is 14.0 Å². The Morgan fingerprint density at radius 1 is 1.30 bits per heavy atom. The summed E-state index contributed by atoms with van der Waals surface area (Å²) in [6.45, 7) is -0.432. The van der Waals surface area contributed by atoms with Gasteiger partial charge in [-0.15, -0.1) is 0 Å². The molecule has 5 nitrogen and oxygen atoms in total. The van der Waals surface area contributed by atoms with Gasteiger partial charge < -0.3 is 14.2 Å². The summed E-state index contributed by atoms with van der Waals surface area (Å²) in [5.74, 6) is -1.53. The van der Waals surface area contributed by atoms with Gasteiger partial charge in [-0.1, -0.05) is 17.7 Å². The van der Waals surface area contributed by atoms with Crippen LogP contribution >= 0.6 is 11.6 Å². The van der Waals surface area contributed by atoms with Gasteiger partial charge in [0.25, 0.3) is 5.91 Å². The number of benzene rings is 1. The number of hydrogen-bond acceptors (Lipinski definition) is 3. The highest BCUT2D eigenvalue weighted by Crippen LogP contribution is 2.20. The number of aryl methyl sites for hydroxylation is 1. The molecular formula is C16H16ClFN2O3. The van der Waals surface area contributed by atoms with Gasteiger partial charge in [0, 0.05) is 37.4 Å². The van der Waals surface area contributed by atoms with Crippen LogP contribution in [0.5, 0.6) is 0 Å². The molecule has 0 radical (unpaired) electrons. The first kappa shape index (κ1) is 17.0. The number of hydrogen-bond donors (Lipinski definition) is 0. The molecule has 0 fully saturated rings. The molecule has 0 aliphatic rings. The third-order valence-corrected chi connectivity index (χ3v) is 3.72. The van der Waals surface area contributed by atoms with Crippen molar-refractivity contribution in [2.75, 3.05) is 13.7 Å². The predicted molar refractivity (Wildman–Crippen MR) is 83.6 cm³/mol. The smallest absolute Gasteiger partial charge is 0.355 e. The molecule has 1 aromatic carbocycles. The number of likely N-dealkylation sites (N-methyl/N-ethyl adjacent to an activating group) is 1. The molecule has 0 aliphatic heterocycles. The van der Waals surface area contributed by atoms with Gasteiger partial charge in [-0.3, -0.25) is 4.79 Å².